The Kier molecular flexibility index (Phi) is 3.14. The lowest BCUT2D eigenvalue weighted by molar-refractivity contribution is -0.139. The van der Waals surface area contributed by atoms with E-state index in [0.29, 0.717) is 18.6 Å². The summed E-state index contributed by atoms with van der Waals surface area (Å²) in [5, 5.41) is 15.0. The Labute approximate surface area is 101 Å². The lowest BCUT2D eigenvalue weighted by Gasteiger charge is -2.39. The number of nitrogens with zero attached hydrogens (tertiary/aromatic N) is 2. The van der Waals surface area contributed by atoms with Crippen molar-refractivity contribution in [3.63, 3.8) is 0 Å². The molecule has 0 aliphatic carbocycles. The Morgan fingerprint density at radius 2 is 2.06 bits per heavy atom. The van der Waals surface area contributed by atoms with Gasteiger partial charge in [0, 0.05) is 19.9 Å². The zero-order valence-corrected chi connectivity index (χ0v) is 10.8. The summed E-state index contributed by atoms with van der Waals surface area (Å²) in [6.07, 6.45) is 2.82. The van der Waals surface area contributed by atoms with Gasteiger partial charge in [0.2, 0.25) is 0 Å². The first-order valence-electron chi connectivity index (χ1n) is 5.90. The molecular weight excluding hydrogens is 220 g/mol. The Balaban J connectivity index is 2.39. The molecule has 1 aliphatic rings. The molecule has 2 heterocycles. The van der Waals surface area contributed by atoms with E-state index in [1.807, 2.05) is 20.9 Å². The fourth-order valence-corrected chi connectivity index (χ4v) is 2.82. The van der Waals surface area contributed by atoms with Crippen LogP contribution in [0.2, 0.25) is 0 Å². The third-order valence-electron chi connectivity index (χ3n) is 3.28. The third-order valence-corrected chi connectivity index (χ3v) is 3.28. The standard InChI is InChI=1S/C12H20N2O3/c1-8-5-12(15,6-9(2)17-8)11-10(16-4)7-13-14(11)3/h7-9,15H,5-6H2,1-4H3. The van der Waals surface area contributed by atoms with Gasteiger partial charge in [0.05, 0.1) is 25.5 Å². The van der Waals surface area contributed by atoms with Crippen LogP contribution in [0.4, 0.5) is 0 Å². The molecule has 1 saturated heterocycles. The molecular formula is C12H20N2O3. The van der Waals surface area contributed by atoms with Crippen LogP contribution in [-0.4, -0.2) is 34.2 Å². The van der Waals surface area contributed by atoms with E-state index in [0.717, 1.165) is 5.69 Å². The van der Waals surface area contributed by atoms with Gasteiger partial charge in [0.1, 0.15) is 11.3 Å². The van der Waals surface area contributed by atoms with Crippen LogP contribution in [0.3, 0.4) is 0 Å². The molecule has 2 atom stereocenters. The van der Waals surface area contributed by atoms with Crippen LogP contribution >= 0.6 is 0 Å². The molecule has 0 saturated carbocycles. The van der Waals surface area contributed by atoms with Crippen molar-refractivity contribution in [2.75, 3.05) is 7.11 Å². The van der Waals surface area contributed by atoms with E-state index in [-0.39, 0.29) is 12.2 Å². The average Bonchev–Trinajstić information content (AvgIpc) is 2.57. The Hall–Kier alpha value is -1.07. The van der Waals surface area contributed by atoms with Crippen LogP contribution in [0.25, 0.3) is 0 Å². The van der Waals surface area contributed by atoms with Crippen LogP contribution in [0.5, 0.6) is 5.75 Å². The normalized spacial score (nSPS) is 33.7. The van der Waals surface area contributed by atoms with Crippen molar-refractivity contribution in [1.82, 2.24) is 9.78 Å². The predicted molar refractivity (Wildman–Crippen MR) is 62.9 cm³/mol. The summed E-state index contributed by atoms with van der Waals surface area (Å²) in [4.78, 5) is 0. The van der Waals surface area contributed by atoms with Gasteiger partial charge in [0.25, 0.3) is 0 Å². The minimum absolute atomic E-state index is 0.0309. The van der Waals surface area contributed by atoms with E-state index < -0.39 is 5.60 Å². The molecule has 1 aromatic rings. The first-order valence-corrected chi connectivity index (χ1v) is 5.90. The molecule has 1 fully saturated rings. The summed E-state index contributed by atoms with van der Waals surface area (Å²) >= 11 is 0. The summed E-state index contributed by atoms with van der Waals surface area (Å²) in [6.45, 7) is 3.95. The van der Waals surface area contributed by atoms with Crippen molar-refractivity contribution >= 4 is 0 Å². The summed E-state index contributed by atoms with van der Waals surface area (Å²) in [5.74, 6) is 0.635. The van der Waals surface area contributed by atoms with Gasteiger partial charge in [-0.2, -0.15) is 5.10 Å². The molecule has 5 nitrogen and oxygen atoms in total. The van der Waals surface area contributed by atoms with E-state index in [1.165, 1.54) is 0 Å². The fourth-order valence-electron chi connectivity index (χ4n) is 2.82. The highest BCUT2D eigenvalue weighted by molar-refractivity contribution is 5.31. The van der Waals surface area contributed by atoms with E-state index >= 15 is 0 Å². The fraction of sp³-hybridized carbons (Fsp3) is 0.750. The number of hydrogen-bond acceptors (Lipinski definition) is 4. The maximum atomic E-state index is 10.8. The van der Waals surface area contributed by atoms with Gasteiger partial charge >= 0.3 is 0 Å². The zero-order chi connectivity index (χ0) is 12.6. The molecule has 5 heteroatoms. The molecule has 0 radical (unpaired) electrons. The number of ether oxygens (including phenoxy) is 2. The van der Waals surface area contributed by atoms with Crippen molar-refractivity contribution < 1.29 is 14.6 Å². The molecule has 0 amide bonds. The van der Waals surface area contributed by atoms with Gasteiger partial charge in [0.15, 0.2) is 5.75 Å². The SMILES string of the molecule is COc1cnn(C)c1C1(O)CC(C)OC(C)C1. The maximum Gasteiger partial charge on any atom is 0.162 e. The Morgan fingerprint density at radius 1 is 1.47 bits per heavy atom. The number of hydrogen-bond donors (Lipinski definition) is 1. The van der Waals surface area contributed by atoms with Crippen LogP contribution in [0.15, 0.2) is 6.20 Å². The molecule has 1 N–H and O–H groups in total. The molecule has 1 aliphatic heterocycles. The zero-order valence-electron chi connectivity index (χ0n) is 10.8. The quantitative estimate of drug-likeness (QED) is 0.844. The number of methoxy groups -OCH3 is 1. The van der Waals surface area contributed by atoms with Gasteiger partial charge in [-0.3, -0.25) is 4.68 Å². The van der Waals surface area contributed by atoms with E-state index in [2.05, 4.69) is 5.10 Å². The van der Waals surface area contributed by atoms with E-state index in [4.69, 9.17) is 9.47 Å². The lowest BCUT2D eigenvalue weighted by Crippen LogP contribution is -2.42. The average molecular weight is 240 g/mol. The summed E-state index contributed by atoms with van der Waals surface area (Å²) < 4.78 is 12.6. The molecule has 2 rings (SSSR count). The number of rotatable bonds is 2. The van der Waals surface area contributed by atoms with Gasteiger partial charge in [-0.25, -0.2) is 0 Å². The molecule has 2 unspecified atom stereocenters. The van der Waals surface area contributed by atoms with Crippen molar-refractivity contribution in [2.24, 2.45) is 7.05 Å². The first-order chi connectivity index (χ1) is 7.96. The van der Waals surface area contributed by atoms with Crippen LogP contribution in [0.1, 0.15) is 32.4 Å². The smallest absolute Gasteiger partial charge is 0.162 e. The van der Waals surface area contributed by atoms with Crippen molar-refractivity contribution in [3.05, 3.63) is 11.9 Å². The van der Waals surface area contributed by atoms with E-state index in [9.17, 15) is 5.11 Å². The largest absolute Gasteiger partial charge is 0.493 e. The molecule has 0 aromatic carbocycles. The highest BCUT2D eigenvalue weighted by Gasteiger charge is 2.42. The maximum absolute atomic E-state index is 10.8. The highest BCUT2D eigenvalue weighted by atomic mass is 16.5. The Morgan fingerprint density at radius 3 is 2.59 bits per heavy atom. The minimum Gasteiger partial charge on any atom is -0.493 e. The van der Waals surface area contributed by atoms with Gasteiger partial charge in [-0.05, 0) is 13.8 Å². The van der Waals surface area contributed by atoms with E-state index in [1.54, 1.807) is 18.0 Å². The second-order valence-corrected chi connectivity index (χ2v) is 4.88. The first kappa shape index (κ1) is 12.4. The highest BCUT2D eigenvalue weighted by Crippen LogP contribution is 2.40. The Bertz CT molecular complexity index is 392. The molecule has 1 aromatic heterocycles. The minimum atomic E-state index is -0.923. The third kappa shape index (κ3) is 2.17. The summed E-state index contributed by atoms with van der Waals surface area (Å²) in [7, 11) is 3.41. The van der Waals surface area contributed by atoms with Gasteiger partial charge < -0.3 is 14.6 Å². The van der Waals surface area contributed by atoms with Crippen molar-refractivity contribution in [2.45, 2.75) is 44.5 Å². The van der Waals surface area contributed by atoms with Crippen LogP contribution in [0, 0.1) is 0 Å². The number of aryl methyl sites for hydroxylation is 1. The topological polar surface area (TPSA) is 56.5 Å². The molecule has 0 spiro atoms. The molecule has 0 bridgehead atoms. The lowest BCUT2D eigenvalue weighted by atomic mass is 9.84. The summed E-state index contributed by atoms with van der Waals surface area (Å²) in [6, 6.07) is 0. The second-order valence-electron chi connectivity index (χ2n) is 4.88. The van der Waals surface area contributed by atoms with Gasteiger partial charge in [-0.1, -0.05) is 0 Å². The predicted octanol–water partition coefficient (Wildman–Crippen LogP) is 1.20. The summed E-state index contributed by atoms with van der Waals surface area (Å²) in [5.41, 5.74) is -0.185. The number of aromatic nitrogens is 2. The molecule has 17 heavy (non-hydrogen) atoms. The molecule has 96 valence electrons. The van der Waals surface area contributed by atoms with Gasteiger partial charge in [-0.15, -0.1) is 0 Å². The van der Waals surface area contributed by atoms with Crippen LogP contribution < -0.4 is 4.74 Å². The monoisotopic (exact) mass is 240 g/mol. The second kappa shape index (κ2) is 4.31. The van der Waals surface area contributed by atoms with Crippen molar-refractivity contribution in [1.29, 1.82) is 0 Å². The van der Waals surface area contributed by atoms with Crippen molar-refractivity contribution in [3.8, 4) is 5.75 Å². The number of aliphatic hydroxyl groups is 1. The van der Waals surface area contributed by atoms with Crippen LogP contribution in [-0.2, 0) is 17.4 Å².